The summed E-state index contributed by atoms with van der Waals surface area (Å²) in [5, 5.41) is 2.81. The predicted octanol–water partition coefficient (Wildman–Crippen LogP) is 5.29. The lowest BCUT2D eigenvalue weighted by atomic mass is 10.1. The molecule has 4 aromatic rings. The number of benzene rings is 2. The van der Waals surface area contributed by atoms with E-state index in [0.717, 1.165) is 16.8 Å². The lowest BCUT2D eigenvalue weighted by Crippen LogP contribution is -2.34. The van der Waals surface area contributed by atoms with E-state index in [2.05, 4.69) is 0 Å². The van der Waals surface area contributed by atoms with Gasteiger partial charge in [0.1, 0.15) is 4.83 Å². The van der Waals surface area contributed by atoms with Gasteiger partial charge < -0.3 is 4.90 Å². The third kappa shape index (κ3) is 4.16. The highest BCUT2D eigenvalue weighted by Crippen LogP contribution is 2.33. The Bertz CT molecular complexity index is 1270. The first-order valence-corrected chi connectivity index (χ1v) is 11.8. The molecule has 4 rings (SSSR count). The molecule has 0 radical (unpaired) electrons. The van der Waals surface area contributed by atoms with Crippen LogP contribution in [0, 0.1) is 0 Å². The molecule has 2 aromatic carbocycles. The maximum Gasteiger partial charge on any atom is 0.263 e. The molecule has 2 heterocycles. The Morgan fingerprint density at radius 3 is 2.42 bits per heavy atom. The molecule has 1 unspecified atom stereocenters. The van der Waals surface area contributed by atoms with E-state index in [0.29, 0.717) is 21.9 Å². The van der Waals surface area contributed by atoms with Crippen LogP contribution in [-0.2, 0) is 11.3 Å². The molecular weight excluding hydrogens is 426 g/mol. The smallest absolute Gasteiger partial charge is 0.263 e. The lowest BCUT2D eigenvalue weighted by molar-refractivity contribution is -0.117. The minimum Gasteiger partial charge on any atom is -0.315 e. The number of para-hydroxylation sites is 1. The van der Waals surface area contributed by atoms with Gasteiger partial charge >= 0.3 is 0 Å². The molecule has 0 N–H and O–H groups in total. The van der Waals surface area contributed by atoms with Crippen LogP contribution in [0.1, 0.15) is 13.8 Å². The van der Waals surface area contributed by atoms with E-state index in [9.17, 15) is 9.59 Å². The van der Waals surface area contributed by atoms with Gasteiger partial charge in [0.15, 0.2) is 5.16 Å². The van der Waals surface area contributed by atoms with Crippen molar-refractivity contribution in [3.8, 4) is 11.1 Å². The molecular formula is C24H23N3O2S2. The molecule has 2 aromatic heterocycles. The summed E-state index contributed by atoms with van der Waals surface area (Å²) >= 11 is 2.79. The summed E-state index contributed by atoms with van der Waals surface area (Å²) in [6.45, 7) is 4.27. The van der Waals surface area contributed by atoms with Crippen LogP contribution in [0.2, 0.25) is 0 Å². The zero-order valence-corrected chi connectivity index (χ0v) is 19.2. The van der Waals surface area contributed by atoms with Crippen molar-refractivity contribution >= 4 is 44.9 Å². The Morgan fingerprint density at radius 1 is 1.13 bits per heavy atom. The number of carbonyl (C=O) groups is 1. The summed E-state index contributed by atoms with van der Waals surface area (Å²) in [6, 6.07) is 19.4. The quantitative estimate of drug-likeness (QED) is 0.297. The molecule has 0 fully saturated rings. The summed E-state index contributed by atoms with van der Waals surface area (Å²) in [4.78, 5) is 33.5. The number of amides is 1. The molecule has 0 aliphatic heterocycles. The number of rotatable bonds is 6. The molecule has 7 heteroatoms. The van der Waals surface area contributed by atoms with Crippen molar-refractivity contribution in [2.24, 2.45) is 0 Å². The third-order valence-corrected chi connectivity index (χ3v) is 7.11. The van der Waals surface area contributed by atoms with Gasteiger partial charge in [-0.3, -0.25) is 14.2 Å². The zero-order chi connectivity index (χ0) is 22.0. The second-order valence-corrected chi connectivity index (χ2v) is 9.30. The predicted molar refractivity (Wildman–Crippen MR) is 130 cm³/mol. The average molecular weight is 450 g/mol. The highest BCUT2D eigenvalue weighted by atomic mass is 32.2. The molecule has 0 aliphatic rings. The Hall–Kier alpha value is -2.90. The number of hydrogen-bond donors (Lipinski definition) is 0. The summed E-state index contributed by atoms with van der Waals surface area (Å²) in [7, 11) is 1.77. The number of carbonyl (C=O) groups excluding carboxylic acids is 1. The number of fused-ring (bicyclic) bond motifs is 1. The molecule has 0 spiro atoms. The van der Waals surface area contributed by atoms with E-state index < -0.39 is 0 Å². The molecule has 1 amide bonds. The van der Waals surface area contributed by atoms with Gasteiger partial charge in [-0.05, 0) is 31.5 Å². The van der Waals surface area contributed by atoms with Crippen molar-refractivity contribution in [1.29, 1.82) is 0 Å². The molecule has 0 saturated carbocycles. The fourth-order valence-electron chi connectivity index (χ4n) is 3.46. The largest absolute Gasteiger partial charge is 0.315 e. The number of hydrogen-bond acceptors (Lipinski definition) is 5. The first-order valence-electron chi connectivity index (χ1n) is 10.1. The van der Waals surface area contributed by atoms with Gasteiger partial charge in [-0.2, -0.15) is 0 Å². The van der Waals surface area contributed by atoms with Gasteiger partial charge in [0.2, 0.25) is 5.91 Å². The zero-order valence-electron chi connectivity index (χ0n) is 17.6. The van der Waals surface area contributed by atoms with Crippen LogP contribution in [0.5, 0.6) is 0 Å². The third-order valence-electron chi connectivity index (χ3n) is 5.16. The highest BCUT2D eigenvalue weighted by Gasteiger charge is 2.23. The SMILES string of the molecule is CCn1c(SC(C)C(=O)N(C)c2ccccc2)nc2scc(-c3ccccc3)c2c1=O. The van der Waals surface area contributed by atoms with Crippen LogP contribution in [-0.4, -0.2) is 27.8 Å². The molecule has 31 heavy (non-hydrogen) atoms. The number of thiophene rings is 1. The van der Waals surface area contributed by atoms with Crippen molar-refractivity contribution in [2.75, 3.05) is 11.9 Å². The van der Waals surface area contributed by atoms with Gasteiger partial charge in [-0.15, -0.1) is 11.3 Å². The van der Waals surface area contributed by atoms with Crippen LogP contribution >= 0.6 is 23.1 Å². The Kier molecular flexibility index (Phi) is 6.25. The summed E-state index contributed by atoms with van der Waals surface area (Å²) < 4.78 is 1.67. The fraction of sp³-hybridized carbons (Fsp3) is 0.208. The van der Waals surface area contributed by atoms with Crippen molar-refractivity contribution in [2.45, 2.75) is 30.8 Å². The minimum atomic E-state index is -0.388. The van der Waals surface area contributed by atoms with Crippen molar-refractivity contribution < 1.29 is 4.79 Å². The molecule has 0 bridgehead atoms. The maximum absolute atomic E-state index is 13.4. The number of thioether (sulfide) groups is 1. The van der Waals surface area contributed by atoms with E-state index >= 15 is 0 Å². The highest BCUT2D eigenvalue weighted by molar-refractivity contribution is 8.00. The number of anilines is 1. The Morgan fingerprint density at radius 2 is 1.77 bits per heavy atom. The van der Waals surface area contributed by atoms with Crippen LogP contribution in [0.25, 0.3) is 21.3 Å². The van der Waals surface area contributed by atoms with Gasteiger partial charge in [-0.25, -0.2) is 4.98 Å². The van der Waals surface area contributed by atoms with Crippen molar-refractivity contribution in [3.63, 3.8) is 0 Å². The standard InChI is InChI=1S/C24H23N3O2S2/c1-4-27-23(29)20-19(17-11-7-5-8-12-17)15-30-21(20)25-24(27)31-16(2)22(28)26(3)18-13-9-6-10-14-18/h5-16H,4H2,1-3H3. The van der Waals surface area contributed by atoms with Gasteiger partial charge in [0, 0.05) is 30.2 Å². The fourth-order valence-corrected chi connectivity index (χ4v) is 5.52. The van der Waals surface area contributed by atoms with E-state index in [4.69, 9.17) is 4.98 Å². The van der Waals surface area contributed by atoms with E-state index in [-0.39, 0.29) is 16.7 Å². The van der Waals surface area contributed by atoms with Gasteiger partial charge in [-0.1, -0.05) is 60.3 Å². The first kappa shape index (κ1) is 21.3. The second-order valence-electron chi connectivity index (χ2n) is 7.13. The van der Waals surface area contributed by atoms with Gasteiger partial charge in [0.05, 0.1) is 10.6 Å². The van der Waals surface area contributed by atoms with E-state index in [1.165, 1.54) is 23.1 Å². The van der Waals surface area contributed by atoms with E-state index in [1.54, 1.807) is 16.5 Å². The van der Waals surface area contributed by atoms with E-state index in [1.807, 2.05) is 79.9 Å². The Labute approximate surface area is 189 Å². The average Bonchev–Trinajstić information content (AvgIpc) is 3.23. The molecule has 1 atom stereocenters. The van der Waals surface area contributed by atoms with Gasteiger partial charge in [0.25, 0.3) is 5.56 Å². The molecule has 0 aliphatic carbocycles. The molecule has 158 valence electrons. The molecule has 5 nitrogen and oxygen atoms in total. The van der Waals surface area contributed by atoms with Crippen molar-refractivity contribution in [1.82, 2.24) is 9.55 Å². The number of nitrogens with zero attached hydrogens (tertiary/aromatic N) is 3. The van der Waals surface area contributed by atoms with Crippen LogP contribution < -0.4 is 10.5 Å². The topological polar surface area (TPSA) is 55.2 Å². The lowest BCUT2D eigenvalue weighted by Gasteiger charge is -2.21. The first-order chi connectivity index (χ1) is 15.0. The minimum absolute atomic E-state index is 0.0376. The summed E-state index contributed by atoms with van der Waals surface area (Å²) in [5.74, 6) is -0.0376. The summed E-state index contributed by atoms with van der Waals surface area (Å²) in [5.41, 5.74) is 2.68. The second kappa shape index (κ2) is 9.08. The Balaban J connectivity index is 1.68. The van der Waals surface area contributed by atoms with Crippen LogP contribution in [0.4, 0.5) is 5.69 Å². The van der Waals surface area contributed by atoms with Crippen LogP contribution in [0.15, 0.2) is 76.0 Å². The summed E-state index contributed by atoms with van der Waals surface area (Å²) in [6.07, 6.45) is 0. The van der Waals surface area contributed by atoms with Crippen LogP contribution in [0.3, 0.4) is 0 Å². The monoisotopic (exact) mass is 449 g/mol. The normalized spacial score (nSPS) is 12.1. The maximum atomic E-state index is 13.4. The molecule has 0 saturated heterocycles. The number of aromatic nitrogens is 2. The van der Waals surface area contributed by atoms with Crippen molar-refractivity contribution in [3.05, 3.63) is 76.4 Å².